The Hall–Kier alpha value is -4.41. The van der Waals surface area contributed by atoms with Gasteiger partial charge in [-0.1, -0.05) is 36.1 Å². The number of hydrogen-bond acceptors (Lipinski definition) is 6. The monoisotopic (exact) mass is 511 g/mol. The molecular formula is C29H26ClN5O2. The highest BCUT2D eigenvalue weighted by Crippen LogP contribution is 2.32. The van der Waals surface area contributed by atoms with Crippen molar-refractivity contribution < 1.29 is 9.53 Å². The minimum absolute atomic E-state index is 0.209. The Bertz CT molecular complexity index is 1520. The lowest BCUT2D eigenvalue weighted by atomic mass is 9.97. The van der Waals surface area contributed by atoms with Gasteiger partial charge in [0.05, 0.1) is 27.5 Å². The molecule has 0 aliphatic heterocycles. The lowest BCUT2D eigenvalue weighted by molar-refractivity contribution is -0.111. The summed E-state index contributed by atoms with van der Waals surface area (Å²) in [6.07, 6.45) is 4.40. The molecule has 4 aromatic rings. The molecule has 0 spiro atoms. The molecule has 37 heavy (non-hydrogen) atoms. The fourth-order valence-corrected chi connectivity index (χ4v) is 3.55. The number of nitrogens with zero attached hydrogens (tertiary/aromatic N) is 3. The van der Waals surface area contributed by atoms with Crippen LogP contribution in [0.2, 0.25) is 5.02 Å². The summed E-state index contributed by atoms with van der Waals surface area (Å²) in [4.78, 5) is 25.2. The molecule has 7 nitrogen and oxygen atoms in total. The van der Waals surface area contributed by atoms with Crippen molar-refractivity contribution in [1.29, 1.82) is 0 Å². The molecule has 8 heteroatoms. The summed E-state index contributed by atoms with van der Waals surface area (Å²) in [5, 5.41) is 7.27. The number of aromatic nitrogens is 3. The Morgan fingerprint density at radius 3 is 2.68 bits per heavy atom. The van der Waals surface area contributed by atoms with Gasteiger partial charge in [0.1, 0.15) is 24.5 Å². The molecule has 186 valence electrons. The summed E-state index contributed by atoms with van der Waals surface area (Å²) in [6.45, 7) is 9.91. The number of ether oxygens (including phenoxy) is 1. The van der Waals surface area contributed by atoms with Gasteiger partial charge in [-0.3, -0.25) is 9.78 Å². The molecule has 2 heterocycles. The second-order valence-corrected chi connectivity index (χ2v) is 9.62. The maximum absolute atomic E-state index is 12.1. The molecule has 0 saturated carbocycles. The third-order valence-corrected chi connectivity index (χ3v) is 5.38. The van der Waals surface area contributed by atoms with E-state index in [0.717, 1.165) is 5.69 Å². The van der Waals surface area contributed by atoms with E-state index >= 15 is 0 Å². The number of hydrogen-bond donors (Lipinski definition) is 2. The van der Waals surface area contributed by atoms with Crippen LogP contribution in [0.5, 0.6) is 5.75 Å². The van der Waals surface area contributed by atoms with E-state index in [9.17, 15) is 4.79 Å². The van der Waals surface area contributed by atoms with Crippen LogP contribution in [0.15, 0.2) is 73.7 Å². The SMILES string of the molecule is C=CC(=O)Nc1cc2c(Nc3ccc(OCc4ccccn4)c(Cl)c3)ncnc2cc1C#CC(C)(C)C. The highest BCUT2D eigenvalue weighted by atomic mass is 35.5. The van der Waals surface area contributed by atoms with E-state index in [1.54, 1.807) is 24.4 Å². The van der Waals surface area contributed by atoms with Crippen LogP contribution in [0, 0.1) is 17.3 Å². The fraction of sp³-hybridized carbons (Fsp3) is 0.172. The topological polar surface area (TPSA) is 89.0 Å². The average Bonchev–Trinajstić information content (AvgIpc) is 2.87. The highest BCUT2D eigenvalue weighted by Gasteiger charge is 2.13. The number of amides is 1. The van der Waals surface area contributed by atoms with Crippen LogP contribution in [-0.4, -0.2) is 20.9 Å². The smallest absolute Gasteiger partial charge is 0.247 e. The zero-order chi connectivity index (χ0) is 26.4. The van der Waals surface area contributed by atoms with E-state index in [1.807, 2.05) is 51.1 Å². The Labute approximate surface area is 221 Å². The summed E-state index contributed by atoms with van der Waals surface area (Å²) in [6, 6.07) is 14.7. The van der Waals surface area contributed by atoms with Crippen LogP contribution in [-0.2, 0) is 11.4 Å². The van der Waals surface area contributed by atoms with Crippen molar-refractivity contribution in [3.05, 3.63) is 90.0 Å². The van der Waals surface area contributed by atoms with Crippen molar-refractivity contribution in [2.45, 2.75) is 27.4 Å². The number of nitrogens with one attached hydrogen (secondary N) is 2. The predicted octanol–water partition coefficient (Wildman–Crippen LogP) is 6.52. The minimum Gasteiger partial charge on any atom is -0.486 e. The Kier molecular flexibility index (Phi) is 7.71. The molecule has 0 bridgehead atoms. The van der Waals surface area contributed by atoms with Crippen LogP contribution in [0.25, 0.3) is 10.9 Å². The van der Waals surface area contributed by atoms with Crippen molar-refractivity contribution in [2.75, 3.05) is 10.6 Å². The normalized spacial score (nSPS) is 10.8. The van der Waals surface area contributed by atoms with Crippen LogP contribution in [0.1, 0.15) is 32.0 Å². The first-order chi connectivity index (χ1) is 17.7. The molecule has 0 aliphatic carbocycles. The van der Waals surface area contributed by atoms with Gasteiger partial charge in [0.15, 0.2) is 0 Å². The largest absolute Gasteiger partial charge is 0.486 e. The molecule has 0 saturated heterocycles. The van der Waals surface area contributed by atoms with E-state index in [2.05, 4.69) is 44.0 Å². The molecule has 4 rings (SSSR count). The maximum Gasteiger partial charge on any atom is 0.247 e. The van der Waals surface area contributed by atoms with E-state index in [4.69, 9.17) is 16.3 Å². The van der Waals surface area contributed by atoms with E-state index < -0.39 is 0 Å². The number of fused-ring (bicyclic) bond motifs is 1. The van der Waals surface area contributed by atoms with Crippen molar-refractivity contribution >= 4 is 45.6 Å². The third-order valence-electron chi connectivity index (χ3n) is 5.09. The number of carbonyl (C=O) groups is 1. The van der Waals surface area contributed by atoms with Crippen LogP contribution in [0.3, 0.4) is 0 Å². The molecule has 1 amide bonds. The van der Waals surface area contributed by atoms with Gasteiger partial charge >= 0.3 is 0 Å². The zero-order valence-corrected chi connectivity index (χ0v) is 21.6. The Morgan fingerprint density at radius 2 is 1.97 bits per heavy atom. The van der Waals surface area contributed by atoms with E-state index in [0.29, 0.717) is 51.0 Å². The molecule has 0 unspecified atom stereocenters. The van der Waals surface area contributed by atoms with Crippen molar-refractivity contribution in [3.8, 4) is 17.6 Å². The fourth-order valence-electron chi connectivity index (χ4n) is 3.32. The number of pyridine rings is 1. The van der Waals surface area contributed by atoms with Crippen LogP contribution < -0.4 is 15.4 Å². The minimum atomic E-state index is -0.336. The molecule has 0 aliphatic rings. The Balaban J connectivity index is 1.64. The molecule has 0 radical (unpaired) electrons. The summed E-state index contributed by atoms with van der Waals surface area (Å²) in [5.74, 6) is 7.13. The van der Waals surface area contributed by atoms with Crippen molar-refractivity contribution in [3.63, 3.8) is 0 Å². The van der Waals surface area contributed by atoms with Gasteiger partial charge in [-0.2, -0.15) is 0 Å². The second-order valence-electron chi connectivity index (χ2n) is 9.21. The number of benzene rings is 2. The quantitative estimate of drug-likeness (QED) is 0.217. The van der Waals surface area contributed by atoms with Gasteiger partial charge in [0.2, 0.25) is 5.91 Å². The van der Waals surface area contributed by atoms with Crippen molar-refractivity contribution in [2.24, 2.45) is 5.41 Å². The number of carbonyl (C=O) groups excluding carboxylic acids is 1. The molecule has 2 aromatic carbocycles. The van der Waals surface area contributed by atoms with Gasteiger partial charge < -0.3 is 15.4 Å². The number of anilines is 3. The molecule has 0 fully saturated rings. The summed E-state index contributed by atoms with van der Waals surface area (Å²) in [7, 11) is 0. The van der Waals surface area contributed by atoms with Gasteiger partial charge in [0.25, 0.3) is 0 Å². The standard InChI is InChI=1S/C29H26ClN5O2/c1-5-27(36)35-24-16-22-25(14-19(24)11-12-29(2,3)4)32-18-33-28(22)34-20-9-10-26(23(30)15-20)37-17-21-8-6-7-13-31-21/h5-10,13-16,18H,1,17H2,2-4H3,(H,35,36)(H,32,33,34). The molecule has 2 aromatic heterocycles. The van der Waals surface area contributed by atoms with Gasteiger partial charge in [-0.05, 0) is 69.3 Å². The van der Waals surface area contributed by atoms with Crippen LogP contribution >= 0.6 is 11.6 Å². The average molecular weight is 512 g/mol. The highest BCUT2D eigenvalue weighted by molar-refractivity contribution is 6.32. The molecule has 2 N–H and O–H groups in total. The summed E-state index contributed by atoms with van der Waals surface area (Å²) >= 11 is 6.48. The number of halogens is 1. The summed E-state index contributed by atoms with van der Waals surface area (Å²) in [5.41, 5.74) is 3.18. The lowest BCUT2D eigenvalue weighted by Gasteiger charge is -2.13. The first-order valence-electron chi connectivity index (χ1n) is 11.6. The third kappa shape index (κ3) is 6.84. The Morgan fingerprint density at radius 1 is 1.14 bits per heavy atom. The predicted molar refractivity (Wildman–Crippen MR) is 148 cm³/mol. The van der Waals surface area contributed by atoms with Gasteiger partial charge in [0, 0.05) is 22.7 Å². The zero-order valence-electron chi connectivity index (χ0n) is 20.8. The van der Waals surface area contributed by atoms with Gasteiger partial charge in [-0.25, -0.2) is 9.97 Å². The molecule has 0 atom stereocenters. The maximum atomic E-state index is 12.1. The van der Waals surface area contributed by atoms with Crippen molar-refractivity contribution in [1.82, 2.24) is 15.0 Å². The summed E-state index contributed by atoms with van der Waals surface area (Å²) < 4.78 is 5.81. The lowest BCUT2D eigenvalue weighted by Crippen LogP contribution is -2.09. The van der Waals surface area contributed by atoms with E-state index in [-0.39, 0.29) is 11.3 Å². The van der Waals surface area contributed by atoms with Crippen LogP contribution in [0.4, 0.5) is 17.2 Å². The second kappa shape index (κ2) is 11.1. The first kappa shape index (κ1) is 25.7. The van der Waals surface area contributed by atoms with Gasteiger partial charge in [-0.15, -0.1) is 0 Å². The van der Waals surface area contributed by atoms with E-state index in [1.165, 1.54) is 12.4 Å². The number of rotatable bonds is 7. The first-order valence-corrected chi connectivity index (χ1v) is 11.9. The molecular weight excluding hydrogens is 486 g/mol.